The van der Waals surface area contributed by atoms with Crippen LogP contribution < -0.4 is 0 Å². The van der Waals surface area contributed by atoms with E-state index in [1.807, 2.05) is 0 Å². The van der Waals surface area contributed by atoms with E-state index in [9.17, 15) is 0 Å². The Kier molecular flexibility index (Phi) is 36.3. The van der Waals surface area contributed by atoms with Crippen LogP contribution in [0.15, 0.2) is 0 Å². The van der Waals surface area contributed by atoms with E-state index in [-0.39, 0.29) is 58.7 Å². The minimum absolute atomic E-state index is 0. The fourth-order valence-corrected chi connectivity index (χ4v) is 0. The Morgan fingerprint density at radius 1 is 0.800 bits per heavy atom. The van der Waals surface area contributed by atoms with Crippen molar-refractivity contribution < 1.29 is 45.8 Å². The normalized spacial score (nSPS) is 4.80. The Hall–Kier alpha value is 0.361. The molecule has 0 aromatic rings. The predicted molar refractivity (Wildman–Crippen MR) is 26.5 cm³/mol. The molecule has 0 fully saturated rings. The Bertz CT molecular complexity index is 73.7. The third kappa shape index (κ3) is 3480. The molecule has 0 saturated heterocycles. The molecule has 0 amide bonds. The van der Waals surface area contributed by atoms with Gasteiger partial charge in [0.1, 0.15) is 0 Å². The molecule has 1 radical (unpaired) electrons. The summed E-state index contributed by atoms with van der Waals surface area (Å²) < 4.78 is 0. The summed E-state index contributed by atoms with van der Waals surface area (Å²) in [6, 6.07) is 0. The summed E-state index contributed by atoms with van der Waals surface area (Å²) in [5.74, 6) is 0. The van der Waals surface area contributed by atoms with Crippen molar-refractivity contribution in [2.75, 3.05) is 0 Å². The van der Waals surface area contributed by atoms with E-state index in [2.05, 4.69) is 0 Å². The van der Waals surface area contributed by atoms with E-state index in [0.29, 0.717) is 0 Å². The van der Waals surface area contributed by atoms with Gasteiger partial charge in [-0.2, -0.15) is 0 Å². The van der Waals surface area contributed by atoms with Crippen LogP contribution in [0.1, 0.15) is 0 Å². The minimum Gasteiger partial charge on any atom is -0.356 e. The summed E-state index contributed by atoms with van der Waals surface area (Å²) in [7, 11) is 0. The first-order valence-electron chi connectivity index (χ1n) is 1.10. The third-order valence-electron chi connectivity index (χ3n) is 0. The maximum Gasteiger partial charge on any atom is 2.00 e. The monoisotopic (exact) mass is 287 g/mol. The zero-order valence-corrected chi connectivity index (χ0v) is 9.67. The average molecular weight is 287 g/mol. The molecule has 0 atom stereocenters. The first kappa shape index (κ1) is 22.4. The molecule has 51 valence electrons. The molecule has 0 aliphatic heterocycles. The van der Waals surface area contributed by atoms with Gasteiger partial charge in [-0.3, -0.25) is 0 Å². The van der Waals surface area contributed by atoms with Gasteiger partial charge in [0.2, 0.25) is 0 Å². The van der Waals surface area contributed by atoms with Crippen LogP contribution in [-0.2, 0) is 0 Å². The second-order valence-electron chi connectivity index (χ2n) is 0.447. The van der Waals surface area contributed by atoms with Crippen molar-refractivity contribution in [1.82, 2.24) is 0 Å². The first-order valence-corrected chi connectivity index (χ1v) is 1.10. The van der Waals surface area contributed by atoms with Gasteiger partial charge in [0, 0.05) is 35.6 Å². The van der Waals surface area contributed by atoms with Crippen molar-refractivity contribution in [3.63, 3.8) is 0 Å². The summed E-state index contributed by atoms with van der Waals surface area (Å²) in [6.07, 6.45) is 0. The zero-order valence-electron chi connectivity index (χ0n) is 4.63. The van der Waals surface area contributed by atoms with E-state index in [4.69, 9.17) is 30.6 Å². The minimum atomic E-state index is -1.75. The molecule has 0 bridgehead atoms. The fraction of sp³-hybridized carbons (Fsp3) is 0. The number of rotatable bonds is 0. The Labute approximate surface area is 98.6 Å². The van der Waals surface area contributed by atoms with Crippen molar-refractivity contribution in [1.29, 1.82) is 0 Å². The van der Waals surface area contributed by atoms with Gasteiger partial charge < -0.3 is 30.6 Å². The van der Waals surface area contributed by atoms with Gasteiger partial charge in [-0.25, -0.2) is 0 Å². The quantitative estimate of drug-likeness (QED) is 0.323. The van der Waals surface area contributed by atoms with Crippen LogP contribution in [0.4, 0.5) is 0 Å². The van der Waals surface area contributed by atoms with E-state index in [1.165, 1.54) is 0 Å². The SMILES string of the molecule is O=[N+]([O-])[O-].O=[N+]([O-])[O-].[La].[Mg+2]. The second-order valence-corrected chi connectivity index (χ2v) is 0.447. The molecule has 0 saturated carbocycles. The largest absolute Gasteiger partial charge is 2.00 e. The number of hydrogen-bond donors (Lipinski definition) is 0. The summed E-state index contributed by atoms with van der Waals surface area (Å²) in [5, 5.41) is 29.5. The summed E-state index contributed by atoms with van der Waals surface area (Å²) >= 11 is 0. The van der Waals surface area contributed by atoms with Gasteiger partial charge in [-0.15, -0.1) is 0 Å². The van der Waals surface area contributed by atoms with Gasteiger partial charge in [0.15, 0.2) is 0 Å². The van der Waals surface area contributed by atoms with Crippen LogP contribution in [0.5, 0.6) is 0 Å². The van der Waals surface area contributed by atoms with Crippen LogP contribution in [-0.4, -0.2) is 33.2 Å². The topological polar surface area (TPSA) is 132 Å². The van der Waals surface area contributed by atoms with Crippen LogP contribution in [0.25, 0.3) is 0 Å². The van der Waals surface area contributed by atoms with E-state index >= 15 is 0 Å². The summed E-state index contributed by atoms with van der Waals surface area (Å²) in [6.45, 7) is 0. The third-order valence-corrected chi connectivity index (χ3v) is 0. The molecule has 0 N–H and O–H groups in total. The van der Waals surface area contributed by atoms with Gasteiger partial charge in [-0.1, -0.05) is 0 Å². The molecular weight excluding hydrogens is 287 g/mol. The molecule has 0 heterocycles. The molecule has 0 aromatic carbocycles. The molecule has 0 aromatic heterocycles. The maximum absolute atomic E-state index is 8.25. The fourth-order valence-electron chi connectivity index (χ4n) is 0. The summed E-state index contributed by atoms with van der Waals surface area (Å²) in [4.78, 5) is 16.5. The first-order chi connectivity index (χ1) is 3.46. The van der Waals surface area contributed by atoms with Crippen molar-refractivity contribution in [2.45, 2.75) is 0 Å². The molecule has 0 aliphatic rings. The van der Waals surface area contributed by atoms with E-state index in [1.54, 1.807) is 0 Å². The Morgan fingerprint density at radius 2 is 0.800 bits per heavy atom. The van der Waals surface area contributed by atoms with Gasteiger partial charge in [0.25, 0.3) is 0 Å². The van der Waals surface area contributed by atoms with Crippen LogP contribution in [0.3, 0.4) is 0 Å². The van der Waals surface area contributed by atoms with E-state index < -0.39 is 10.2 Å². The van der Waals surface area contributed by atoms with Crippen molar-refractivity contribution >= 4 is 23.1 Å². The number of hydrogen-bond acceptors (Lipinski definition) is 6. The van der Waals surface area contributed by atoms with Crippen LogP contribution >= 0.6 is 0 Å². The molecule has 10 heavy (non-hydrogen) atoms. The zero-order chi connectivity index (χ0) is 7.15. The predicted octanol–water partition coefficient (Wildman–Crippen LogP) is -0.859. The Balaban J connectivity index is -0.0000000300. The maximum atomic E-state index is 8.25. The van der Waals surface area contributed by atoms with Crippen LogP contribution in [0, 0.1) is 66.2 Å². The average Bonchev–Trinajstić information content (AvgIpc) is 1.25. The van der Waals surface area contributed by atoms with Crippen molar-refractivity contribution in [2.24, 2.45) is 0 Å². The number of nitrogens with zero attached hydrogens (tertiary/aromatic N) is 2. The molecule has 0 unspecified atom stereocenters. The standard InChI is InChI=1S/La.Mg.2NO3/c;;2*2-1(3)4/q;+2;2*-1. The smallest absolute Gasteiger partial charge is 0.356 e. The molecular formula is LaMgN2O6. The van der Waals surface area contributed by atoms with Gasteiger partial charge in [-0.05, 0) is 0 Å². The molecule has 0 rings (SSSR count). The second kappa shape index (κ2) is 16.2. The molecule has 10 heteroatoms. The van der Waals surface area contributed by atoms with Crippen molar-refractivity contribution in [3.8, 4) is 0 Å². The van der Waals surface area contributed by atoms with E-state index in [0.717, 1.165) is 0 Å². The molecule has 0 aliphatic carbocycles. The molecule has 0 spiro atoms. The summed E-state index contributed by atoms with van der Waals surface area (Å²) in [5.41, 5.74) is 0. The van der Waals surface area contributed by atoms with Gasteiger partial charge >= 0.3 is 23.1 Å². The van der Waals surface area contributed by atoms with Gasteiger partial charge in [0.05, 0.1) is 10.2 Å². The van der Waals surface area contributed by atoms with Crippen molar-refractivity contribution in [3.05, 3.63) is 30.6 Å². The molecule has 8 nitrogen and oxygen atoms in total. The van der Waals surface area contributed by atoms with Crippen LogP contribution in [0.2, 0.25) is 0 Å². The Morgan fingerprint density at radius 3 is 0.800 bits per heavy atom.